The lowest BCUT2D eigenvalue weighted by Gasteiger charge is -2.10. The summed E-state index contributed by atoms with van der Waals surface area (Å²) in [5.41, 5.74) is 1.25. The second-order valence-electron chi connectivity index (χ2n) is 4.48. The van der Waals surface area contributed by atoms with Crippen molar-refractivity contribution in [2.75, 3.05) is 11.9 Å². The minimum Gasteiger partial charge on any atom is -0.478 e. The van der Waals surface area contributed by atoms with Gasteiger partial charge in [-0.25, -0.2) is 9.18 Å². The van der Waals surface area contributed by atoms with Crippen LogP contribution in [0.4, 0.5) is 10.1 Å². The summed E-state index contributed by atoms with van der Waals surface area (Å²) in [4.78, 5) is 11.0. The molecule has 0 aliphatic heterocycles. The van der Waals surface area contributed by atoms with Crippen LogP contribution < -0.4 is 5.32 Å². The number of carboxylic acid groups (broad SMARTS) is 1. The fourth-order valence-electron chi connectivity index (χ4n) is 2.05. The van der Waals surface area contributed by atoms with E-state index in [1.165, 1.54) is 11.6 Å². The number of carbonyl (C=O) groups is 1. The van der Waals surface area contributed by atoms with Gasteiger partial charge in [0.2, 0.25) is 0 Å². The van der Waals surface area contributed by atoms with Crippen LogP contribution in [0.2, 0.25) is 0 Å². The molecule has 0 fully saturated rings. The number of hydrogen-bond acceptors (Lipinski definition) is 2. The zero-order valence-corrected chi connectivity index (χ0v) is 11.0. The predicted octanol–water partition coefficient (Wildman–Crippen LogP) is 3.57. The molecule has 0 spiro atoms. The Morgan fingerprint density at radius 3 is 2.55 bits per heavy atom. The van der Waals surface area contributed by atoms with E-state index in [2.05, 4.69) is 5.32 Å². The molecule has 0 aliphatic rings. The zero-order chi connectivity index (χ0) is 14.4. The van der Waals surface area contributed by atoms with Crippen molar-refractivity contribution in [3.05, 3.63) is 65.5 Å². The third-order valence-electron chi connectivity index (χ3n) is 3.03. The normalized spacial score (nSPS) is 10.2. The first-order chi connectivity index (χ1) is 9.68. The smallest absolute Gasteiger partial charge is 0.340 e. The Bertz CT molecular complexity index is 584. The maximum atomic E-state index is 13.5. The Labute approximate surface area is 117 Å². The lowest BCUT2D eigenvalue weighted by atomic mass is 10.1. The molecule has 0 saturated carbocycles. The number of hydrogen-bond donors (Lipinski definition) is 2. The van der Waals surface area contributed by atoms with Gasteiger partial charge in [0.15, 0.2) is 0 Å². The van der Waals surface area contributed by atoms with Crippen LogP contribution >= 0.6 is 0 Å². The Morgan fingerprint density at radius 1 is 1.10 bits per heavy atom. The summed E-state index contributed by atoms with van der Waals surface area (Å²) in [6, 6.07) is 14.3. The fraction of sp³-hybridized carbons (Fsp3) is 0.188. The van der Waals surface area contributed by atoms with Gasteiger partial charge in [0.25, 0.3) is 0 Å². The van der Waals surface area contributed by atoms with Gasteiger partial charge in [0, 0.05) is 6.54 Å². The van der Waals surface area contributed by atoms with E-state index >= 15 is 0 Å². The number of aromatic carboxylic acids is 1. The lowest BCUT2D eigenvalue weighted by Crippen LogP contribution is -2.10. The number of aryl methyl sites for hydroxylation is 1. The van der Waals surface area contributed by atoms with Crippen molar-refractivity contribution in [1.82, 2.24) is 0 Å². The third kappa shape index (κ3) is 3.57. The minimum atomic E-state index is -1.26. The molecule has 0 aromatic heterocycles. The van der Waals surface area contributed by atoms with E-state index in [-0.39, 0.29) is 5.56 Å². The Hall–Kier alpha value is -2.36. The van der Waals surface area contributed by atoms with E-state index in [9.17, 15) is 9.18 Å². The van der Waals surface area contributed by atoms with Crippen molar-refractivity contribution >= 4 is 11.7 Å². The maximum Gasteiger partial charge on any atom is 0.340 e. The molecule has 3 nitrogen and oxygen atoms in total. The number of carboxylic acids is 1. The molecule has 2 rings (SSSR count). The first kappa shape index (κ1) is 14.1. The van der Waals surface area contributed by atoms with Gasteiger partial charge in [-0.2, -0.15) is 0 Å². The molecule has 20 heavy (non-hydrogen) atoms. The molecule has 0 unspecified atom stereocenters. The number of rotatable bonds is 6. The minimum absolute atomic E-state index is 0.299. The summed E-state index contributed by atoms with van der Waals surface area (Å²) in [6.45, 7) is 0.596. The highest BCUT2D eigenvalue weighted by Crippen LogP contribution is 2.19. The number of nitrogens with one attached hydrogen (secondary N) is 1. The van der Waals surface area contributed by atoms with E-state index in [1.54, 1.807) is 6.07 Å². The topological polar surface area (TPSA) is 49.3 Å². The van der Waals surface area contributed by atoms with Gasteiger partial charge in [-0.3, -0.25) is 0 Å². The van der Waals surface area contributed by atoms with E-state index in [1.807, 2.05) is 30.3 Å². The summed E-state index contributed by atoms with van der Waals surface area (Å²) in [5, 5.41) is 12.0. The van der Waals surface area contributed by atoms with Crippen LogP contribution in [-0.2, 0) is 6.42 Å². The van der Waals surface area contributed by atoms with Gasteiger partial charge in [0.05, 0.1) is 5.69 Å². The van der Waals surface area contributed by atoms with E-state index < -0.39 is 11.8 Å². The second kappa shape index (κ2) is 6.70. The third-order valence-corrected chi connectivity index (χ3v) is 3.03. The number of benzene rings is 2. The summed E-state index contributed by atoms with van der Waals surface area (Å²) < 4.78 is 13.5. The lowest BCUT2D eigenvalue weighted by molar-refractivity contribution is 0.0693. The average molecular weight is 273 g/mol. The molecule has 0 amide bonds. The molecule has 0 heterocycles. The Kier molecular flexibility index (Phi) is 4.71. The highest BCUT2D eigenvalue weighted by atomic mass is 19.1. The maximum absolute atomic E-state index is 13.5. The fourth-order valence-corrected chi connectivity index (χ4v) is 2.05. The number of halogens is 1. The van der Waals surface area contributed by atoms with Crippen LogP contribution in [-0.4, -0.2) is 17.6 Å². The summed E-state index contributed by atoms with van der Waals surface area (Å²) >= 11 is 0. The van der Waals surface area contributed by atoms with Crippen molar-refractivity contribution in [3.63, 3.8) is 0 Å². The van der Waals surface area contributed by atoms with Crippen LogP contribution in [0.25, 0.3) is 0 Å². The highest BCUT2D eigenvalue weighted by Gasteiger charge is 2.14. The summed E-state index contributed by atoms with van der Waals surface area (Å²) in [6.07, 6.45) is 1.74. The van der Waals surface area contributed by atoms with E-state index in [4.69, 9.17) is 5.11 Å². The van der Waals surface area contributed by atoms with Crippen LogP contribution in [0.1, 0.15) is 22.3 Å². The van der Waals surface area contributed by atoms with Gasteiger partial charge >= 0.3 is 5.97 Å². The van der Waals surface area contributed by atoms with Gasteiger partial charge in [-0.1, -0.05) is 36.4 Å². The second-order valence-corrected chi connectivity index (χ2v) is 4.48. The summed E-state index contributed by atoms with van der Waals surface area (Å²) in [7, 11) is 0. The summed E-state index contributed by atoms with van der Waals surface area (Å²) in [5.74, 6) is -1.97. The van der Waals surface area contributed by atoms with Crippen molar-refractivity contribution in [2.45, 2.75) is 12.8 Å². The molecule has 2 N–H and O–H groups in total. The zero-order valence-electron chi connectivity index (χ0n) is 11.0. The quantitative estimate of drug-likeness (QED) is 0.791. The molecule has 0 atom stereocenters. The van der Waals surface area contributed by atoms with Crippen LogP contribution in [0.15, 0.2) is 48.5 Å². The van der Waals surface area contributed by atoms with Crippen LogP contribution in [0.5, 0.6) is 0 Å². The van der Waals surface area contributed by atoms with Gasteiger partial charge in [-0.15, -0.1) is 0 Å². The molecule has 4 heteroatoms. The van der Waals surface area contributed by atoms with Crippen LogP contribution in [0, 0.1) is 5.82 Å². The SMILES string of the molecule is O=C(O)c1c(F)cccc1NCCCc1ccccc1. The molecule has 2 aromatic rings. The van der Waals surface area contributed by atoms with Gasteiger partial charge < -0.3 is 10.4 Å². The van der Waals surface area contributed by atoms with E-state index in [0.29, 0.717) is 12.2 Å². The highest BCUT2D eigenvalue weighted by molar-refractivity contribution is 5.94. The van der Waals surface area contributed by atoms with Crippen molar-refractivity contribution < 1.29 is 14.3 Å². The standard InChI is InChI=1S/C16H16FNO2/c17-13-9-4-10-14(15(13)16(19)20)18-11-5-8-12-6-2-1-3-7-12/h1-4,6-7,9-10,18H,5,8,11H2,(H,19,20). The first-order valence-corrected chi connectivity index (χ1v) is 6.48. The Morgan fingerprint density at radius 2 is 1.85 bits per heavy atom. The average Bonchev–Trinajstić information content (AvgIpc) is 2.44. The Balaban J connectivity index is 1.92. The largest absolute Gasteiger partial charge is 0.478 e. The first-order valence-electron chi connectivity index (χ1n) is 6.48. The molecule has 104 valence electrons. The number of anilines is 1. The molecule has 0 saturated heterocycles. The monoisotopic (exact) mass is 273 g/mol. The molecule has 0 bridgehead atoms. The van der Waals surface area contributed by atoms with Crippen LogP contribution in [0.3, 0.4) is 0 Å². The predicted molar refractivity (Wildman–Crippen MR) is 76.6 cm³/mol. The molecular weight excluding hydrogens is 257 g/mol. The van der Waals surface area contributed by atoms with Crippen molar-refractivity contribution in [1.29, 1.82) is 0 Å². The molecule has 0 radical (unpaired) electrons. The van der Waals surface area contributed by atoms with Crippen molar-refractivity contribution in [2.24, 2.45) is 0 Å². The van der Waals surface area contributed by atoms with Gasteiger partial charge in [0.1, 0.15) is 11.4 Å². The molecule has 2 aromatic carbocycles. The molecule has 0 aliphatic carbocycles. The molecular formula is C16H16FNO2. The van der Waals surface area contributed by atoms with Crippen molar-refractivity contribution in [3.8, 4) is 0 Å². The van der Waals surface area contributed by atoms with Gasteiger partial charge in [-0.05, 0) is 30.5 Å². The van der Waals surface area contributed by atoms with E-state index in [0.717, 1.165) is 18.9 Å².